The van der Waals surface area contributed by atoms with Crippen molar-refractivity contribution in [2.24, 2.45) is 11.8 Å². The number of hydrogen-bond donors (Lipinski definition) is 1. The Morgan fingerprint density at radius 1 is 1.41 bits per heavy atom. The number of rotatable bonds is 6. The maximum atomic E-state index is 4.42. The van der Waals surface area contributed by atoms with E-state index in [4.69, 9.17) is 0 Å². The van der Waals surface area contributed by atoms with Gasteiger partial charge in [0.2, 0.25) is 0 Å². The number of aromatic nitrogens is 2. The Morgan fingerprint density at radius 3 is 2.76 bits per heavy atom. The van der Waals surface area contributed by atoms with Gasteiger partial charge in [0.1, 0.15) is 0 Å². The monoisotopic (exact) mass is 235 g/mol. The molecule has 2 atom stereocenters. The molecule has 0 aromatic carbocycles. The van der Waals surface area contributed by atoms with Crippen LogP contribution in [0.5, 0.6) is 0 Å². The maximum absolute atomic E-state index is 4.42. The third kappa shape index (κ3) is 3.32. The molecule has 1 N–H and O–H groups in total. The summed E-state index contributed by atoms with van der Waals surface area (Å²) in [6.45, 7) is 11.1. The lowest BCUT2D eigenvalue weighted by atomic mass is 10.2. The molecule has 2 unspecified atom stereocenters. The fourth-order valence-electron chi connectivity index (χ4n) is 2.27. The number of hydrogen-bond acceptors (Lipinski definition) is 2. The average Bonchev–Trinajstić information content (AvgIpc) is 2.85. The third-order valence-electron chi connectivity index (χ3n) is 3.46. The summed E-state index contributed by atoms with van der Waals surface area (Å²) in [5.41, 5.74) is 1.43. The molecule has 0 radical (unpaired) electrons. The highest BCUT2D eigenvalue weighted by Crippen LogP contribution is 2.46. The molecule has 17 heavy (non-hydrogen) atoms. The Morgan fingerprint density at radius 2 is 2.18 bits per heavy atom. The molecule has 1 aromatic heterocycles. The van der Waals surface area contributed by atoms with Crippen LogP contribution in [0.25, 0.3) is 0 Å². The van der Waals surface area contributed by atoms with Gasteiger partial charge in [-0.15, -0.1) is 0 Å². The van der Waals surface area contributed by atoms with Crippen molar-refractivity contribution in [3.05, 3.63) is 18.0 Å². The summed E-state index contributed by atoms with van der Waals surface area (Å²) in [5.74, 6) is 2.33. The fraction of sp³-hybridized carbons (Fsp3) is 0.786. The second kappa shape index (κ2) is 5.21. The van der Waals surface area contributed by atoms with Crippen LogP contribution in [0.3, 0.4) is 0 Å². The summed E-state index contributed by atoms with van der Waals surface area (Å²) in [5, 5.41) is 7.97. The molecule has 96 valence electrons. The number of nitrogens with zero attached hydrogens (tertiary/aromatic N) is 2. The lowest BCUT2D eigenvalue weighted by Crippen LogP contribution is -2.22. The highest BCUT2D eigenvalue weighted by Gasteiger charge is 2.38. The standard InChI is InChI=1S/C14H25N3/c1-10(2)6-15-7-12-5-14(12)13-8-16-17(9-13)11(3)4/h8-12,14-15H,5-7H2,1-4H3. The first-order valence-corrected chi connectivity index (χ1v) is 6.82. The fourth-order valence-corrected chi connectivity index (χ4v) is 2.27. The summed E-state index contributed by atoms with van der Waals surface area (Å²) in [4.78, 5) is 0. The molecule has 0 bridgehead atoms. The lowest BCUT2D eigenvalue weighted by molar-refractivity contribution is 0.529. The van der Waals surface area contributed by atoms with Gasteiger partial charge >= 0.3 is 0 Å². The predicted molar refractivity (Wildman–Crippen MR) is 71.2 cm³/mol. The highest BCUT2D eigenvalue weighted by molar-refractivity contribution is 5.20. The molecule has 2 rings (SSSR count). The second-order valence-electron chi connectivity index (χ2n) is 6.00. The van der Waals surface area contributed by atoms with E-state index in [-0.39, 0.29) is 0 Å². The van der Waals surface area contributed by atoms with Crippen LogP contribution in [0.4, 0.5) is 0 Å². The first-order valence-electron chi connectivity index (χ1n) is 6.82. The van der Waals surface area contributed by atoms with Crippen LogP contribution in [0.15, 0.2) is 12.4 Å². The Bertz CT molecular complexity index is 354. The minimum absolute atomic E-state index is 0.472. The summed E-state index contributed by atoms with van der Waals surface area (Å²) >= 11 is 0. The topological polar surface area (TPSA) is 29.9 Å². The van der Waals surface area contributed by atoms with Gasteiger partial charge in [-0.1, -0.05) is 13.8 Å². The molecule has 0 saturated heterocycles. The quantitative estimate of drug-likeness (QED) is 0.821. The van der Waals surface area contributed by atoms with Gasteiger partial charge in [0.15, 0.2) is 0 Å². The molecule has 3 nitrogen and oxygen atoms in total. The molecule has 1 fully saturated rings. The van der Waals surface area contributed by atoms with Gasteiger partial charge in [-0.25, -0.2) is 0 Å². The number of nitrogens with one attached hydrogen (secondary N) is 1. The van der Waals surface area contributed by atoms with E-state index in [1.54, 1.807) is 0 Å². The van der Waals surface area contributed by atoms with Crippen LogP contribution in [0.1, 0.15) is 51.6 Å². The zero-order valence-electron chi connectivity index (χ0n) is 11.5. The summed E-state index contributed by atoms with van der Waals surface area (Å²) in [6, 6.07) is 0.472. The van der Waals surface area contributed by atoms with Crippen molar-refractivity contribution in [1.29, 1.82) is 0 Å². The van der Waals surface area contributed by atoms with Gasteiger partial charge in [0.25, 0.3) is 0 Å². The molecule has 0 aliphatic heterocycles. The molecule has 1 heterocycles. The minimum Gasteiger partial charge on any atom is -0.316 e. The van der Waals surface area contributed by atoms with Crippen molar-refractivity contribution in [2.75, 3.05) is 13.1 Å². The van der Waals surface area contributed by atoms with Crippen molar-refractivity contribution in [2.45, 2.75) is 46.1 Å². The van der Waals surface area contributed by atoms with Crippen LogP contribution >= 0.6 is 0 Å². The second-order valence-corrected chi connectivity index (χ2v) is 6.00. The van der Waals surface area contributed by atoms with E-state index < -0.39 is 0 Å². The molecular formula is C14H25N3. The van der Waals surface area contributed by atoms with E-state index in [1.165, 1.54) is 12.0 Å². The van der Waals surface area contributed by atoms with Crippen molar-refractivity contribution >= 4 is 0 Å². The minimum atomic E-state index is 0.472. The highest BCUT2D eigenvalue weighted by atomic mass is 15.3. The van der Waals surface area contributed by atoms with Crippen LogP contribution in [0, 0.1) is 11.8 Å². The van der Waals surface area contributed by atoms with Gasteiger partial charge in [0, 0.05) is 12.2 Å². The molecule has 1 aliphatic carbocycles. The van der Waals surface area contributed by atoms with Crippen molar-refractivity contribution < 1.29 is 0 Å². The smallest absolute Gasteiger partial charge is 0.0524 e. The third-order valence-corrected chi connectivity index (χ3v) is 3.46. The van der Waals surface area contributed by atoms with E-state index in [1.807, 2.05) is 6.20 Å². The molecule has 1 aromatic rings. The first-order chi connectivity index (χ1) is 8.08. The Labute approximate surface area is 105 Å². The lowest BCUT2D eigenvalue weighted by Gasteiger charge is -2.06. The van der Waals surface area contributed by atoms with Crippen LogP contribution in [-0.2, 0) is 0 Å². The zero-order chi connectivity index (χ0) is 12.4. The molecule has 1 saturated carbocycles. The largest absolute Gasteiger partial charge is 0.316 e. The zero-order valence-corrected chi connectivity index (χ0v) is 11.5. The van der Waals surface area contributed by atoms with Crippen LogP contribution in [0.2, 0.25) is 0 Å². The van der Waals surface area contributed by atoms with E-state index in [0.29, 0.717) is 6.04 Å². The molecule has 0 spiro atoms. The molecular weight excluding hydrogens is 210 g/mol. The van der Waals surface area contributed by atoms with Crippen LogP contribution in [-0.4, -0.2) is 22.9 Å². The average molecular weight is 235 g/mol. The van der Waals surface area contributed by atoms with Gasteiger partial charge in [0.05, 0.1) is 6.20 Å². The van der Waals surface area contributed by atoms with E-state index in [2.05, 4.69) is 49.0 Å². The van der Waals surface area contributed by atoms with E-state index >= 15 is 0 Å². The van der Waals surface area contributed by atoms with Crippen molar-refractivity contribution in [3.63, 3.8) is 0 Å². The maximum Gasteiger partial charge on any atom is 0.0524 e. The van der Waals surface area contributed by atoms with Gasteiger partial charge in [-0.05, 0) is 56.7 Å². The van der Waals surface area contributed by atoms with Crippen LogP contribution < -0.4 is 5.32 Å². The SMILES string of the molecule is CC(C)CNCC1CC1c1cnn(C(C)C)c1. The summed E-state index contributed by atoms with van der Waals surface area (Å²) in [7, 11) is 0. The Kier molecular flexibility index (Phi) is 3.87. The first kappa shape index (κ1) is 12.6. The van der Waals surface area contributed by atoms with Gasteiger partial charge < -0.3 is 5.32 Å². The van der Waals surface area contributed by atoms with Crippen molar-refractivity contribution in [3.8, 4) is 0 Å². The van der Waals surface area contributed by atoms with Gasteiger partial charge in [-0.2, -0.15) is 5.10 Å². The van der Waals surface area contributed by atoms with E-state index in [9.17, 15) is 0 Å². The van der Waals surface area contributed by atoms with Crippen molar-refractivity contribution in [1.82, 2.24) is 15.1 Å². The molecule has 0 amide bonds. The van der Waals surface area contributed by atoms with E-state index in [0.717, 1.165) is 30.8 Å². The molecule has 1 aliphatic rings. The Balaban J connectivity index is 1.77. The Hall–Kier alpha value is -0.830. The molecule has 3 heteroatoms. The van der Waals surface area contributed by atoms with Gasteiger partial charge in [-0.3, -0.25) is 4.68 Å². The predicted octanol–water partition coefficient (Wildman–Crippen LogP) is 2.81. The summed E-state index contributed by atoms with van der Waals surface area (Å²) < 4.78 is 2.06. The summed E-state index contributed by atoms with van der Waals surface area (Å²) in [6.07, 6.45) is 5.60. The normalized spacial score (nSPS) is 23.6.